The first kappa shape index (κ1) is 18.6. The minimum Gasteiger partial charge on any atom is -0.379 e. The van der Waals surface area contributed by atoms with Crippen molar-refractivity contribution in [1.82, 2.24) is 20.0 Å². The van der Waals surface area contributed by atoms with E-state index in [0.29, 0.717) is 19.4 Å². The van der Waals surface area contributed by atoms with Gasteiger partial charge in [-0.05, 0) is 38.0 Å². The lowest BCUT2D eigenvalue weighted by Crippen LogP contribution is -2.55. The third-order valence-electron chi connectivity index (χ3n) is 4.88. The molecule has 0 bridgehead atoms. The van der Waals surface area contributed by atoms with Gasteiger partial charge in [-0.1, -0.05) is 18.2 Å². The van der Waals surface area contributed by atoms with Gasteiger partial charge in [0, 0.05) is 37.8 Å². The predicted molar refractivity (Wildman–Crippen MR) is 101 cm³/mol. The van der Waals surface area contributed by atoms with Gasteiger partial charge in [-0.2, -0.15) is 5.10 Å². The summed E-state index contributed by atoms with van der Waals surface area (Å²) in [7, 11) is 0. The summed E-state index contributed by atoms with van der Waals surface area (Å²) in [5, 5.41) is 7.46. The number of carbonyl (C=O) groups is 1. The standard InChI is InChI=1S/C20H28N4O2/c1-20(2,23-10-12-26-13-11-23)16-21-19(25)9-8-17-14-22-24(15-17)18-6-4-3-5-7-18/h3-7,14-15H,8-13,16H2,1-2H3,(H,21,25). The largest absolute Gasteiger partial charge is 0.379 e. The van der Waals surface area contributed by atoms with Gasteiger partial charge in [-0.15, -0.1) is 0 Å². The Morgan fingerprint density at radius 2 is 1.96 bits per heavy atom. The molecule has 0 atom stereocenters. The molecular weight excluding hydrogens is 328 g/mol. The lowest BCUT2D eigenvalue weighted by Gasteiger charge is -2.40. The molecule has 1 saturated heterocycles. The van der Waals surface area contributed by atoms with Gasteiger partial charge in [0.15, 0.2) is 0 Å². The van der Waals surface area contributed by atoms with Crippen LogP contribution >= 0.6 is 0 Å². The number of morpholine rings is 1. The van der Waals surface area contributed by atoms with Crippen LogP contribution in [0.3, 0.4) is 0 Å². The molecule has 6 nitrogen and oxygen atoms in total. The molecule has 0 aliphatic carbocycles. The third kappa shape index (κ3) is 4.93. The van der Waals surface area contributed by atoms with E-state index < -0.39 is 0 Å². The van der Waals surface area contributed by atoms with Crippen molar-refractivity contribution < 1.29 is 9.53 Å². The number of nitrogens with one attached hydrogen (secondary N) is 1. The molecule has 1 amide bonds. The highest BCUT2D eigenvalue weighted by Crippen LogP contribution is 2.15. The number of carbonyl (C=O) groups excluding carboxylic acids is 1. The highest BCUT2D eigenvalue weighted by Gasteiger charge is 2.28. The number of hydrogen-bond donors (Lipinski definition) is 1. The first-order valence-electron chi connectivity index (χ1n) is 9.23. The van der Waals surface area contributed by atoms with Gasteiger partial charge in [0.25, 0.3) is 0 Å². The molecule has 3 rings (SSSR count). The van der Waals surface area contributed by atoms with Crippen LogP contribution in [-0.2, 0) is 16.0 Å². The van der Waals surface area contributed by atoms with Gasteiger partial charge >= 0.3 is 0 Å². The Kier molecular flexibility index (Phi) is 6.06. The van der Waals surface area contributed by atoms with Crippen LogP contribution in [0.25, 0.3) is 5.69 Å². The maximum absolute atomic E-state index is 12.2. The molecular formula is C20H28N4O2. The highest BCUT2D eigenvalue weighted by atomic mass is 16.5. The molecule has 1 N–H and O–H groups in total. The Balaban J connectivity index is 1.45. The van der Waals surface area contributed by atoms with Crippen molar-refractivity contribution in [2.24, 2.45) is 0 Å². The molecule has 140 valence electrons. The molecule has 1 fully saturated rings. The Morgan fingerprint density at radius 1 is 1.23 bits per heavy atom. The number of benzene rings is 1. The Labute approximate surface area is 155 Å². The SMILES string of the molecule is CC(C)(CNC(=O)CCc1cnn(-c2ccccc2)c1)N1CCOCC1. The van der Waals surface area contributed by atoms with Crippen LogP contribution in [0.4, 0.5) is 0 Å². The van der Waals surface area contributed by atoms with Crippen LogP contribution in [0.1, 0.15) is 25.8 Å². The molecule has 26 heavy (non-hydrogen) atoms. The minimum absolute atomic E-state index is 0.0579. The number of aryl methyl sites for hydroxylation is 1. The fraction of sp³-hybridized carbons (Fsp3) is 0.500. The van der Waals surface area contributed by atoms with Crippen LogP contribution in [0, 0.1) is 0 Å². The second kappa shape index (κ2) is 8.47. The summed E-state index contributed by atoms with van der Waals surface area (Å²) in [4.78, 5) is 14.6. The molecule has 1 aliphatic rings. The van der Waals surface area contributed by atoms with Crippen molar-refractivity contribution in [3.05, 3.63) is 48.3 Å². The van der Waals surface area contributed by atoms with E-state index >= 15 is 0 Å². The minimum atomic E-state index is -0.0579. The van der Waals surface area contributed by atoms with Gasteiger partial charge in [-0.3, -0.25) is 9.69 Å². The molecule has 1 aromatic heterocycles. The van der Waals surface area contributed by atoms with Crippen LogP contribution < -0.4 is 5.32 Å². The predicted octanol–water partition coefficient (Wildman–Crippen LogP) is 2.03. The van der Waals surface area contributed by atoms with Crippen molar-refractivity contribution in [2.75, 3.05) is 32.8 Å². The van der Waals surface area contributed by atoms with Crippen LogP contribution in [0.2, 0.25) is 0 Å². The Bertz CT molecular complexity index is 706. The monoisotopic (exact) mass is 356 g/mol. The zero-order valence-electron chi connectivity index (χ0n) is 15.6. The number of amides is 1. The van der Waals surface area contributed by atoms with E-state index in [1.807, 2.05) is 47.4 Å². The van der Waals surface area contributed by atoms with Gasteiger partial charge < -0.3 is 10.1 Å². The number of rotatable bonds is 7. The first-order valence-corrected chi connectivity index (χ1v) is 9.23. The lowest BCUT2D eigenvalue weighted by atomic mass is 10.0. The summed E-state index contributed by atoms with van der Waals surface area (Å²) >= 11 is 0. The van der Waals surface area contributed by atoms with E-state index in [2.05, 4.69) is 29.2 Å². The molecule has 0 unspecified atom stereocenters. The molecule has 2 heterocycles. The smallest absolute Gasteiger partial charge is 0.220 e. The normalized spacial score (nSPS) is 15.8. The number of ether oxygens (including phenoxy) is 1. The summed E-state index contributed by atoms with van der Waals surface area (Å²) in [6, 6.07) is 9.98. The molecule has 0 saturated carbocycles. The van der Waals surface area contributed by atoms with E-state index in [0.717, 1.165) is 37.6 Å². The molecule has 0 radical (unpaired) electrons. The van der Waals surface area contributed by atoms with Crippen molar-refractivity contribution >= 4 is 5.91 Å². The van der Waals surface area contributed by atoms with Crippen LogP contribution in [0.15, 0.2) is 42.7 Å². The fourth-order valence-corrected chi connectivity index (χ4v) is 3.15. The molecule has 6 heteroatoms. The number of para-hydroxylation sites is 1. The number of hydrogen-bond acceptors (Lipinski definition) is 4. The first-order chi connectivity index (χ1) is 12.5. The van der Waals surface area contributed by atoms with Crippen molar-refractivity contribution in [3.8, 4) is 5.69 Å². The quantitative estimate of drug-likeness (QED) is 0.825. The average Bonchev–Trinajstić information content (AvgIpc) is 3.15. The molecule has 0 spiro atoms. The maximum Gasteiger partial charge on any atom is 0.220 e. The summed E-state index contributed by atoms with van der Waals surface area (Å²) in [5.41, 5.74) is 2.03. The van der Waals surface area contributed by atoms with E-state index in [9.17, 15) is 4.79 Å². The van der Waals surface area contributed by atoms with Crippen molar-refractivity contribution in [1.29, 1.82) is 0 Å². The van der Waals surface area contributed by atoms with Crippen molar-refractivity contribution in [2.45, 2.75) is 32.2 Å². The van der Waals surface area contributed by atoms with E-state index in [4.69, 9.17) is 4.74 Å². The zero-order valence-corrected chi connectivity index (χ0v) is 15.6. The third-order valence-corrected chi connectivity index (χ3v) is 4.88. The van der Waals surface area contributed by atoms with E-state index in [1.54, 1.807) is 0 Å². The van der Waals surface area contributed by atoms with Gasteiger partial charge in [0.05, 0.1) is 25.1 Å². The number of aromatic nitrogens is 2. The topological polar surface area (TPSA) is 59.4 Å². The Hall–Kier alpha value is -2.18. The summed E-state index contributed by atoms with van der Waals surface area (Å²) in [5.74, 6) is 0.0822. The van der Waals surface area contributed by atoms with E-state index in [1.165, 1.54) is 0 Å². The summed E-state index contributed by atoms with van der Waals surface area (Å²) in [6.07, 6.45) is 4.98. The summed E-state index contributed by atoms with van der Waals surface area (Å²) in [6.45, 7) is 8.36. The van der Waals surface area contributed by atoms with Crippen LogP contribution in [0.5, 0.6) is 0 Å². The fourth-order valence-electron chi connectivity index (χ4n) is 3.15. The molecule has 1 aliphatic heterocycles. The highest BCUT2D eigenvalue weighted by molar-refractivity contribution is 5.76. The second-order valence-corrected chi connectivity index (χ2v) is 7.32. The van der Waals surface area contributed by atoms with E-state index in [-0.39, 0.29) is 11.4 Å². The summed E-state index contributed by atoms with van der Waals surface area (Å²) < 4.78 is 7.25. The van der Waals surface area contributed by atoms with Gasteiger partial charge in [-0.25, -0.2) is 4.68 Å². The average molecular weight is 356 g/mol. The Morgan fingerprint density at radius 3 is 2.69 bits per heavy atom. The van der Waals surface area contributed by atoms with Crippen LogP contribution in [-0.4, -0.2) is 59.0 Å². The molecule has 1 aromatic carbocycles. The molecule has 2 aromatic rings. The maximum atomic E-state index is 12.2. The van der Waals surface area contributed by atoms with Gasteiger partial charge in [0.1, 0.15) is 0 Å². The van der Waals surface area contributed by atoms with Crippen molar-refractivity contribution in [3.63, 3.8) is 0 Å². The lowest BCUT2D eigenvalue weighted by molar-refractivity contribution is -0.121. The second-order valence-electron chi connectivity index (χ2n) is 7.32. The zero-order chi connectivity index (χ0) is 18.4. The van der Waals surface area contributed by atoms with Gasteiger partial charge in [0.2, 0.25) is 5.91 Å². The number of nitrogens with zero attached hydrogens (tertiary/aromatic N) is 3.